The van der Waals surface area contributed by atoms with Crippen LogP contribution in [0.15, 0.2) is 29.2 Å². The molecule has 0 aliphatic carbocycles. The molecule has 0 spiro atoms. The first-order valence-electron chi connectivity index (χ1n) is 5.23. The molecule has 0 aliphatic rings. The summed E-state index contributed by atoms with van der Waals surface area (Å²) in [5.74, 6) is 0.0721. The van der Waals surface area contributed by atoms with Gasteiger partial charge in [-0.25, -0.2) is 0 Å². The van der Waals surface area contributed by atoms with Crippen molar-refractivity contribution in [1.82, 2.24) is 10.2 Å². The number of carbonyl (C=O) groups excluding carboxylic acids is 1. The molecule has 0 bridgehead atoms. The summed E-state index contributed by atoms with van der Waals surface area (Å²) in [6.45, 7) is 1.53. The molecule has 1 aromatic carbocycles. The van der Waals surface area contributed by atoms with Gasteiger partial charge in [0.2, 0.25) is 0 Å². The predicted octanol–water partition coefficient (Wildman–Crippen LogP) is 1.70. The lowest BCUT2D eigenvalue weighted by atomic mass is 10.2. The zero-order chi connectivity index (χ0) is 12.0. The molecule has 0 saturated carbocycles. The van der Waals surface area contributed by atoms with Gasteiger partial charge in [-0.1, -0.05) is 0 Å². The highest BCUT2D eigenvalue weighted by molar-refractivity contribution is 7.98. The summed E-state index contributed by atoms with van der Waals surface area (Å²) in [4.78, 5) is 14.8. The number of nitrogens with zero attached hydrogens (tertiary/aromatic N) is 1. The van der Waals surface area contributed by atoms with E-state index in [1.54, 1.807) is 16.7 Å². The minimum absolute atomic E-state index is 0.0721. The Balaban J connectivity index is 2.64. The Morgan fingerprint density at radius 1 is 1.38 bits per heavy atom. The lowest BCUT2D eigenvalue weighted by Crippen LogP contribution is -2.32. The lowest BCUT2D eigenvalue weighted by Gasteiger charge is -2.16. The summed E-state index contributed by atoms with van der Waals surface area (Å²) in [5.41, 5.74) is 0.747. The third-order valence-corrected chi connectivity index (χ3v) is 3.12. The Bertz CT molecular complexity index is 337. The summed E-state index contributed by atoms with van der Waals surface area (Å²) in [5, 5.41) is 3.03. The molecule has 0 radical (unpaired) electrons. The summed E-state index contributed by atoms with van der Waals surface area (Å²) in [7, 11) is 3.70. The second-order valence-electron chi connectivity index (χ2n) is 3.56. The number of hydrogen-bond donors (Lipinski definition) is 1. The van der Waals surface area contributed by atoms with E-state index in [0.717, 1.165) is 18.7 Å². The molecule has 0 unspecified atom stereocenters. The third kappa shape index (κ3) is 3.54. The third-order valence-electron chi connectivity index (χ3n) is 2.38. The van der Waals surface area contributed by atoms with Crippen LogP contribution in [-0.2, 0) is 0 Å². The largest absolute Gasteiger partial charge is 0.340 e. The number of benzene rings is 1. The predicted molar refractivity (Wildman–Crippen MR) is 69.1 cm³/mol. The van der Waals surface area contributed by atoms with Gasteiger partial charge in [-0.3, -0.25) is 4.79 Å². The molecule has 1 N–H and O–H groups in total. The minimum Gasteiger partial charge on any atom is -0.340 e. The van der Waals surface area contributed by atoms with Gasteiger partial charge >= 0.3 is 0 Å². The van der Waals surface area contributed by atoms with Crippen molar-refractivity contribution in [3.63, 3.8) is 0 Å². The molecule has 4 heteroatoms. The van der Waals surface area contributed by atoms with Crippen molar-refractivity contribution in [1.29, 1.82) is 0 Å². The number of thioether (sulfide) groups is 1. The Kier molecular flexibility index (Phi) is 5.35. The van der Waals surface area contributed by atoms with Gasteiger partial charge in [-0.15, -0.1) is 11.8 Å². The van der Waals surface area contributed by atoms with Crippen LogP contribution >= 0.6 is 11.8 Å². The molecule has 3 nitrogen and oxygen atoms in total. The number of rotatable bonds is 5. The Hall–Kier alpha value is -1.00. The standard InChI is InChI=1S/C12H18N2OS/c1-13-8-9-14(2)12(15)10-4-6-11(16-3)7-5-10/h4-7,13H,8-9H2,1-3H3. The second-order valence-corrected chi connectivity index (χ2v) is 4.44. The first-order chi connectivity index (χ1) is 7.69. The highest BCUT2D eigenvalue weighted by Crippen LogP contribution is 2.15. The van der Waals surface area contributed by atoms with Crippen molar-refractivity contribution in [2.75, 3.05) is 33.4 Å². The summed E-state index contributed by atoms with van der Waals surface area (Å²) in [6, 6.07) is 7.71. The molecule has 0 aliphatic heterocycles. The second kappa shape index (κ2) is 6.55. The van der Waals surface area contributed by atoms with E-state index in [9.17, 15) is 4.79 Å². The number of nitrogens with one attached hydrogen (secondary N) is 1. The van der Waals surface area contributed by atoms with Crippen molar-refractivity contribution in [2.24, 2.45) is 0 Å². The monoisotopic (exact) mass is 238 g/mol. The molecule has 0 heterocycles. The van der Waals surface area contributed by atoms with E-state index in [2.05, 4.69) is 5.32 Å². The maximum atomic E-state index is 11.9. The highest BCUT2D eigenvalue weighted by atomic mass is 32.2. The first-order valence-corrected chi connectivity index (χ1v) is 6.45. The Labute approximate surface area is 101 Å². The topological polar surface area (TPSA) is 32.3 Å². The van der Waals surface area contributed by atoms with Crippen LogP contribution in [0.2, 0.25) is 0 Å². The lowest BCUT2D eigenvalue weighted by molar-refractivity contribution is 0.0797. The van der Waals surface area contributed by atoms with Crippen LogP contribution < -0.4 is 5.32 Å². The molecule has 0 fully saturated rings. The normalized spacial score (nSPS) is 10.2. The zero-order valence-corrected chi connectivity index (χ0v) is 10.8. The van der Waals surface area contributed by atoms with E-state index >= 15 is 0 Å². The quantitative estimate of drug-likeness (QED) is 0.792. The minimum atomic E-state index is 0.0721. The molecule has 1 aromatic rings. The summed E-state index contributed by atoms with van der Waals surface area (Å²) < 4.78 is 0. The van der Waals surface area contributed by atoms with E-state index in [0.29, 0.717) is 0 Å². The maximum Gasteiger partial charge on any atom is 0.253 e. The van der Waals surface area contributed by atoms with Crippen molar-refractivity contribution < 1.29 is 4.79 Å². The SMILES string of the molecule is CNCCN(C)C(=O)c1ccc(SC)cc1. The maximum absolute atomic E-state index is 11.9. The van der Waals surface area contributed by atoms with Crippen LogP contribution in [-0.4, -0.2) is 44.2 Å². The van der Waals surface area contributed by atoms with Gasteiger partial charge in [-0.2, -0.15) is 0 Å². The fourth-order valence-corrected chi connectivity index (χ4v) is 1.74. The smallest absolute Gasteiger partial charge is 0.253 e. The summed E-state index contributed by atoms with van der Waals surface area (Å²) >= 11 is 1.68. The van der Waals surface area contributed by atoms with Gasteiger partial charge in [-0.05, 0) is 37.6 Å². The highest BCUT2D eigenvalue weighted by Gasteiger charge is 2.10. The van der Waals surface area contributed by atoms with Crippen LogP contribution in [0.1, 0.15) is 10.4 Å². The molecular formula is C12H18N2OS. The van der Waals surface area contributed by atoms with Crippen molar-refractivity contribution >= 4 is 17.7 Å². The molecule has 1 amide bonds. The molecule has 0 aromatic heterocycles. The number of amides is 1. The van der Waals surface area contributed by atoms with Crippen LogP contribution in [0.4, 0.5) is 0 Å². The molecule has 1 rings (SSSR count). The van der Waals surface area contributed by atoms with Gasteiger partial charge in [0.1, 0.15) is 0 Å². The van der Waals surface area contributed by atoms with Crippen LogP contribution in [0.5, 0.6) is 0 Å². The van der Waals surface area contributed by atoms with E-state index in [1.807, 2.05) is 44.6 Å². The van der Waals surface area contributed by atoms with Crippen molar-refractivity contribution in [3.8, 4) is 0 Å². The average Bonchev–Trinajstić information content (AvgIpc) is 2.35. The molecule has 0 saturated heterocycles. The van der Waals surface area contributed by atoms with Crippen molar-refractivity contribution in [3.05, 3.63) is 29.8 Å². The van der Waals surface area contributed by atoms with Crippen molar-refractivity contribution in [2.45, 2.75) is 4.90 Å². The molecule has 88 valence electrons. The van der Waals surface area contributed by atoms with E-state index < -0.39 is 0 Å². The van der Waals surface area contributed by atoms with Crippen LogP contribution in [0, 0.1) is 0 Å². The summed E-state index contributed by atoms with van der Waals surface area (Å²) in [6.07, 6.45) is 2.02. The van der Waals surface area contributed by atoms with Gasteiger partial charge in [0.15, 0.2) is 0 Å². The van der Waals surface area contributed by atoms with E-state index in [4.69, 9.17) is 0 Å². The number of carbonyl (C=O) groups is 1. The van der Waals surface area contributed by atoms with Gasteiger partial charge in [0.25, 0.3) is 5.91 Å². The zero-order valence-electron chi connectivity index (χ0n) is 9.99. The average molecular weight is 238 g/mol. The van der Waals surface area contributed by atoms with Crippen LogP contribution in [0.25, 0.3) is 0 Å². The fourth-order valence-electron chi connectivity index (χ4n) is 1.34. The molecule has 0 atom stereocenters. The number of hydrogen-bond acceptors (Lipinski definition) is 3. The van der Waals surface area contributed by atoms with Gasteiger partial charge in [0.05, 0.1) is 0 Å². The molecule has 16 heavy (non-hydrogen) atoms. The van der Waals surface area contributed by atoms with Gasteiger partial charge in [0, 0.05) is 30.6 Å². The molecular weight excluding hydrogens is 220 g/mol. The fraction of sp³-hybridized carbons (Fsp3) is 0.417. The van der Waals surface area contributed by atoms with Gasteiger partial charge < -0.3 is 10.2 Å². The Morgan fingerprint density at radius 3 is 2.50 bits per heavy atom. The Morgan fingerprint density at radius 2 is 2.00 bits per heavy atom. The van der Waals surface area contributed by atoms with E-state index in [-0.39, 0.29) is 5.91 Å². The number of likely N-dealkylation sites (N-methyl/N-ethyl adjacent to an activating group) is 2. The first kappa shape index (κ1) is 13.1. The van der Waals surface area contributed by atoms with Crippen LogP contribution in [0.3, 0.4) is 0 Å². The van der Waals surface area contributed by atoms with E-state index in [1.165, 1.54) is 4.90 Å².